The summed E-state index contributed by atoms with van der Waals surface area (Å²) in [5, 5.41) is 6.18. The number of urea groups is 1. The molecular weight excluding hydrogens is 428 g/mol. The van der Waals surface area contributed by atoms with Crippen LogP contribution in [0.1, 0.15) is 36.8 Å². The van der Waals surface area contributed by atoms with Crippen LogP contribution in [0.3, 0.4) is 0 Å². The van der Waals surface area contributed by atoms with E-state index in [9.17, 15) is 9.59 Å². The minimum atomic E-state index is -0.221. The van der Waals surface area contributed by atoms with Gasteiger partial charge < -0.3 is 15.5 Å². The Morgan fingerprint density at radius 3 is 2.44 bits per heavy atom. The summed E-state index contributed by atoms with van der Waals surface area (Å²) < 4.78 is 0. The minimum absolute atomic E-state index is 0.00941. The van der Waals surface area contributed by atoms with E-state index in [0.717, 1.165) is 49.3 Å². The van der Waals surface area contributed by atoms with E-state index in [1.165, 1.54) is 5.56 Å². The number of pyridine rings is 1. The predicted molar refractivity (Wildman–Crippen MR) is 133 cm³/mol. The summed E-state index contributed by atoms with van der Waals surface area (Å²) in [7, 11) is 4.32. The van der Waals surface area contributed by atoms with E-state index in [1.54, 1.807) is 6.20 Å². The number of rotatable bonds is 4. The molecular formula is C26H34N6O2. The Bertz CT molecular complexity index is 1080. The van der Waals surface area contributed by atoms with E-state index in [1.807, 2.05) is 22.8 Å². The molecule has 3 heterocycles. The number of benzene rings is 1. The van der Waals surface area contributed by atoms with Crippen molar-refractivity contribution in [3.05, 3.63) is 53.7 Å². The quantitative estimate of drug-likeness (QED) is 0.730. The second-order valence-corrected chi connectivity index (χ2v) is 10.2. The zero-order valence-corrected chi connectivity index (χ0v) is 20.3. The van der Waals surface area contributed by atoms with Crippen LogP contribution in [0.25, 0.3) is 0 Å². The fourth-order valence-corrected chi connectivity index (χ4v) is 5.89. The van der Waals surface area contributed by atoms with Gasteiger partial charge in [0.15, 0.2) is 0 Å². The summed E-state index contributed by atoms with van der Waals surface area (Å²) in [6.45, 7) is 4.33. The SMILES string of the molecule is Cc1cc(N2CCNC(=O)C2)ncc1N1C[C@]2(CC[C@](c3ccccc3)(N(C)C)CC2)NC1=O. The Balaban J connectivity index is 1.33. The Labute approximate surface area is 201 Å². The fourth-order valence-electron chi connectivity index (χ4n) is 5.89. The molecule has 0 radical (unpaired) electrons. The number of amides is 3. The van der Waals surface area contributed by atoms with Crippen molar-refractivity contribution in [1.29, 1.82) is 0 Å². The first-order valence-electron chi connectivity index (χ1n) is 12.1. The van der Waals surface area contributed by atoms with Gasteiger partial charge >= 0.3 is 6.03 Å². The average Bonchev–Trinajstić information content (AvgIpc) is 3.15. The highest BCUT2D eigenvalue weighted by Crippen LogP contribution is 2.46. The van der Waals surface area contributed by atoms with Gasteiger partial charge in [-0.2, -0.15) is 0 Å². The van der Waals surface area contributed by atoms with Gasteiger partial charge in [0.2, 0.25) is 5.91 Å². The van der Waals surface area contributed by atoms with E-state index in [4.69, 9.17) is 0 Å². The lowest BCUT2D eigenvalue weighted by atomic mass is 9.69. The van der Waals surface area contributed by atoms with Gasteiger partial charge in [0.05, 0.1) is 30.5 Å². The maximum atomic E-state index is 13.1. The highest BCUT2D eigenvalue weighted by atomic mass is 16.2. The number of nitrogens with zero attached hydrogens (tertiary/aromatic N) is 4. The molecule has 1 saturated carbocycles. The average molecular weight is 463 g/mol. The van der Waals surface area contributed by atoms with Crippen molar-refractivity contribution in [1.82, 2.24) is 20.5 Å². The monoisotopic (exact) mass is 462 g/mol. The summed E-state index contributed by atoms with van der Waals surface area (Å²) in [6, 6.07) is 12.7. The molecule has 1 aromatic heterocycles. The molecule has 2 N–H and O–H groups in total. The van der Waals surface area contributed by atoms with Gasteiger partial charge in [-0.05, 0) is 63.9 Å². The molecule has 0 atom stereocenters. The van der Waals surface area contributed by atoms with Gasteiger partial charge in [0.1, 0.15) is 5.82 Å². The number of anilines is 2. The summed E-state index contributed by atoms with van der Waals surface area (Å²) in [5.41, 5.74) is 2.95. The summed E-state index contributed by atoms with van der Waals surface area (Å²) in [6.07, 6.45) is 5.62. The van der Waals surface area contributed by atoms with Crippen molar-refractivity contribution in [3.8, 4) is 0 Å². The van der Waals surface area contributed by atoms with Crippen LogP contribution in [-0.4, -0.2) is 67.6 Å². The molecule has 3 amide bonds. The third-order valence-electron chi connectivity index (χ3n) is 8.00. The maximum absolute atomic E-state index is 13.1. The highest BCUT2D eigenvalue weighted by molar-refractivity contribution is 5.96. The summed E-state index contributed by atoms with van der Waals surface area (Å²) >= 11 is 0. The van der Waals surface area contributed by atoms with Crippen molar-refractivity contribution in [3.63, 3.8) is 0 Å². The van der Waals surface area contributed by atoms with Gasteiger partial charge in [0.25, 0.3) is 0 Å². The van der Waals surface area contributed by atoms with Crippen molar-refractivity contribution in [2.24, 2.45) is 0 Å². The molecule has 3 aliphatic rings. The van der Waals surface area contributed by atoms with E-state index in [0.29, 0.717) is 19.6 Å². The molecule has 2 aliphatic heterocycles. The number of aryl methyl sites for hydroxylation is 1. The van der Waals surface area contributed by atoms with Gasteiger partial charge in [-0.25, -0.2) is 9.78 Å². The molecule has 1 aliphatic carbocycles. The third-order valence-corrected chi connectivity index (χ3v) is 8.00. The molecule has 5 rings (SSSR count). The zero-order valence-electron chi connectivity index (χ0n) is 20.3. The first kappa shape index (κ1) is 22.7. The van der Waals surface area contributed by atoms with E-state index in [2.05, 4.69) is 64.9 Å². The molecule has 1 aromatic carbocycles. The standard InChI is InChI=1S/C26H34N6O2/c1-19-15-22(31-14-13-27-23(33)17-31)28-16-21(19)32-18-25(29-24(32)34)9-11-26(12-10-25,30(2)3)20-7-5-4-6-8-20/h4-8,15-16H,9-14,17-18H2,1-3H3,(H,27,33)(H,29,34)/t25-,26+. The van der Waals surface area contributed by atoms with Crippen LogP contribution in [-0.2, 0) is 10.3 Å². The van der Waals surface area contributed by atoms with Crippen molar-refractivity contribution in [2.45, 2.75) is 43.7 Å². The number of carbonyl (C=O) groups is 2. The maximum Gasteiger partial charge on any atom is 0.322 e. The lowest BCUT2D eigenvalue weighted by Crippen LogP contribution is -2.54. The molecule has 0 unspecified atom stereocenters. The van der Waals surface area contributed by atoms with E-state index >= 15 is 0 Å². The number of piperazine rings is 1. The van der Waals surface area contributed by atoms with E-state index < -0.39 is 0 Å². The first-order valence-corrected chi connectivity index (χ1v) is 12.1. The predicted octanol–water partition coefficient (Wildman–Crippen LogP) is 2.63. The smallest absolute Gasteiger partial charge is 0.322 e. The lowest BCUT2D eigenvalue weighted by Gasteiger charge is -2.48. The van der Waals surface area contributed by atoms with Crippen molar-refractivity contribution in [2.75, 3.05) is 50.1 Å². The van der Waals surface area contributed by atoms with Crippen LogP contribution >= 0.6 is 0 Å². The number of hydrogen-bond acceptors (Lipinski definition) is 5. The third kappa shape index (κ3) is 3.90. The van der Waals surface area contributed by atoms with Crippen LogP contribution in [0.15, 0.2) is 42.6 Å². The van der Waals surface area contributed by atoms with Crippen LogP contribution in [0, 0.1) is 6.92 Å². The Hall–Kier alpha value is -3.13. The summed E-state index contributed by atoms with van der Waals surface area (Å²) in [5.74, 6) is 0.791. The van der Waals surface area contributed by atoms with Gasteiger partial charge in [-0.15, -0.1) is 0 Å². The van der Waals surface area contributed by atoms with Gasteiger partial charge in [-0.1, -0.05) is 30.3 Å². The molecule has 8 nitrogen and oxygen atoms in total. The second-order valence-electron chi connectivity index (χ2n) is 10.2. The zero-order chi connectivity index (χ0) is 23.9. The van der Waals surface area contributed by atoms with Crippen molar-refractivity contribution < 1.29 is 9.59 Å². The number of nitrogens with one attached hydrogen (secondary N) is 2. The highest BCUT2D eigenvalue weighted by Gasteiger charge is 2.50. The summed E-state index contributed by atoms with van der Waals surface area (Å²) in [4.78, 5) is 35.6. The largest absolute Gasteiger partial charge is 0.353 e. The van der Waals surface area contributed by atoms with Crippen LogP contribution in [0.5, 0.6) is 0 Å². The minimum Gasteiger partial charge on any atom is -0.353 e. The number of hydrogen-bond donors (Lipinski definition) is 2. The second kappa shape index (κ2) is 8.58. The molecule has 2 aromatic rings. The lowest BCUT2D eigenvalue weighted by molar-refractivity contribution is -0.120. The molecule has 180 valence electrons. The molecule has 0 bridgehead atoms. The van der Waals surface area contributed by atoms with Crippen LogP contribution in [0.4, 0.5) is 16.3 Å². The Morgan fingerprint density at radius 1 is 1.06 bits per heavy atom. The van der Waals surface area contributed by atoms with Gasteiger partial charge in [-0.3, -0.25) is 14.6 Å². The van der Waals surface area contributed by atoms with Crippen LogP contribution < -0.4 is 20.4 Å². The molecule has 34 heavy (non-hydrogen) atoms. The molecule has 2 saturated heterocycles. The normalized spacial score (nSPS) is 27.3. The molecule has 3 fully saturated rings. The Morgan fingerprint density at radius 2 is 1.79 bits per heavy atom. The number of aromatic nitrogens is 1. The van der Waals surface area contributed by atoms with Crippen LogP contribution in [0.2, 0.25) is 0 Å². The topological polar surface area (TPSA) is 80.8 Å². The number of carbonyl (C=O) groups excluding carboxylic acids is 2. The fraction of sp³-hybridized carbons (Fsp3) is 0.500. The Kier molecular flexibility index (Phi) is 5.72. The van der Waals surface area contributed by atoms with Crippen molar-refractivity contribution >= 4 is 23.4 Å². The first-order chi connectivity index (χ1) is 16.3. The van der Waals surface area contributed by atoms with E-state index in [-0.39, 0.29) is 23.0 Å². The molecule has 1 spiro atoms. The van der Waals surface area contributed by atoms with Gasteiger partial charge in [0, 0.05) is 18.6 Å². The molecule has 8 heteroatoms.